The Labute approximate surface area is 77.4 Å². The lowest BCUT2D eigenvalue weighted by atomic mass is 10.9. The fourth-order valence-corrected chi connectivity index (χ4v) is 3.48. The molecular weight excluding hydrogens is 200 g/mol. The van der Waals surface area contributed by atoms with Gasteiger partial charge in [0.2, 0.25) is 0 Å². The van der Waals surface area contributed by atoms with Gasteiger partial charge in [-0.3, -0.25) is 0 Å². The lowest BCUT2D eigenvalue weighted by molar-refractivity contribution is 0.603. The van der Waals surface area contributed by atoms with Gasteiger partial charge in [-0.15, -0.1) is 0 Å². The predicted octanol–water partition coefficient (Wildman–Crippen LogP) is 1.13. The van der Waals surface area contributed by atoms with E-state index in [1.54, 1.807) is 23.5 Å². The Hall–Kier alpha value is 0.650. The van der Waals surface area contributed by atoms with E-state index in [2.05, 4.69) is 6.26 Å². The molecule has 0 rings (SSSR count). The zero-order valence-electron chi connectivity index (χ0n) is 6.87. The van der Waals surface area contributed by atoms with Gasteiger partial charge in [0.25, 0.3) is 0 Å². The monoisotopic (exact) mass is 214 g/mol. The van der Waals surface area contributed by atoms with Crippen molar-refractivity contribution in [1.29, 1.82) is 0 Å². The topological polar surface area (TPSA) is 34.1 Å². The summed E-state index contributed by atoms with van der Waals surface area (Å²) in [6.07, 6.45) is 3.33. The van der Waals surface area contributed by atoms with Gasteiger partial charge in [-0.1, -0.05) is 0 Å². The Morgan fingerprint density at radius 3 is 2.27 bits per heavy atom. The maximum Gasteiger partial charge on any atom is 0.148 e. The van der Waals surface area contributed by atoms with Gasteiger partial charge in [-0.25, -0.2) is 8.42 Å². The third kappa shape index (κ3) is 10.7. The van der Waals surface area contributed by atoms with Crippen molar-refractivity contribution in [3.05, 3.63) is 0 Å². The van der Waals surface area contributed by atoms with E-state index in [0.717, 1.165) is 17.3 Å². The first-order valence-corrected chi connectivity index (χ1v) is 7.91. The summed E-state index contributed by atoms with van der Waals surface area (Å²) >= 11 is 3.49. The number of hydrogen-bond donors (Lipinski definition) is 0. The largest absolute Gasteiger partial charge is 0.229 e. The van der Waals surface area contributed by atoms with Gasteiger partial charge >= 0.3 is 0 Å². The molecule has 0 radical (unpaired) electrons. The van der Waals surface area contributed by atoms with E-state index in [4.69, 9.17) is 0 Å². The summed E-state index contributed by atoms with van der Waals surface area (Å²) in [5.74, 6) is 3.20. The molecule has 0 spiro atoms. The van der Waals surface area contributed by atoms with Gasteiger partial charge in [-0.05, 0) is 6.26 Å². The normalized spacial score (nSPS) is 11.8. The average Bonchev–Trinajstić information content (AvgIpc) is 1.85. The number of thioether (sulfide) groups is 2. The first-order chi connectivity index (χ1) is 5.06. The molecule has 0 amide bonds. The molecule has 0 aliphatic heterocycles. The molecule has 68 valence electrons. The van der Waals surface area contributed by atoms with Crippen LogP contribution in [0.2, 0.25) is 0 Å². The van der Waals surface area contributed by atoms with Crippen molar-refractivity contribution in [2.45, 2.75) is 0 Å². The highest BCUT2D eigenvalue weighted by Gasteiger charge is 2.00. The van der Waals surface area contributed by atoms with Crippen LogP contribution in [0, 0.1) is 0 Å². The molecule has 0 atom stereocenters. The van der Waals surface area contributed by atoms with E-state index in [1.165, 1.54) is 6.26 Å². The van der Waals surface area contributed by atoms with Crippen molar-refractivity contribution in [2.75, 3.05) is 35.5 Å². The molecule has 5 heteroatoms. The Morgan fingerprint density at radius 1 is 1.18 bits per heavy atom. The second kappa shape index (κ2) is 6.20. The molecule has 0 heterocycles. The molecule has 0 aromatic heterocycles. The molecule has 0 aliphatic carbocycles. The van der Waals surface area contributed by atoms with Gasteiger partial charge in [0, 0.05) is 23.5 Å². The molecule has 0 aromatic carbocycles. The SMILES string of the molecule is CSCCSCCS(C)(=O)=O. The van der Waals surface area contributed by atoms with Crippen LogP contribution in [0.1, 0.15) is 0 Å². The quantitative estimate of drug-likeness (QED) is 0.621. The van der Waals surface area contributed by atoms with Crippen molar-refractivity contribution < 1.29 is 8.42 Å². The van der Waals surface area contributed by atoms with E-state index >= 15 is 0 Å². The maximum atomic E-state index is 10.6. The van der Waals surface area contributed by atoms with Crippen molar-refractivity contribution in [2.24, 2.45) is 0 Å². The van der Waals surface area contributed by atoms with E-state index < -0.39 is 9.84 Å². The Balaban J connectivity index is 3.16. The lowest BCUT2D eigenvalue weighted by Crippen LogP contribution is -2.05. The van der Waals surface area contributed by atoms with E-state index in [9.17, 15) is 8.42 Å². The molecule has 0 saturated heterocycles. The van der Waals surface area contributed by atoms with Crippen LogP contribution in [0.4, 0.5) is 0 Å². The second-order valence-corrected chi connectivity index (χ2v) is 6.71. The summed E-state index contributed by atoms with van der Waals surface area (Å²) in [7, 11) is -2.74. The van der Waals surface area contributed by atoms with Crippen LogP contribution >= 0.6 is 23.5 Å². The predicted molar refractivity (Wildman–Crippen MR) is 55.4 cm³/mol. The smallest absolute Gasteiger partial charge is 0.148 e. The van der Waals surface area contributed by atoms with E-state index in [1.807, 2.05) is 0 Å². The molecule has 0 aliphatic rings. The Morgan fingerprint density at radius 2 is 1.82 bits per heavy atom. The highest BCUT2D eigenvalue weighted by atomic mass is 32.2. The molecule has 2 nitrogen and oxygen atoms in total. The zero-order chi connectivity index (χ0) is 8.74. The van der Waals surface area contributed by atoms with E-state index in [0.29, 0.717) is 5.75 Å². The first-order valence-electron chi connectivity index (χ1n) is 3.30. The summed E-state index contributed by atoms with van der Waals surface area (Å²) < 4.78 is 21.3. The molecule has 11 heavy (non-hydrogen) atoms. The molecular formula is C6H14O2S3. The molecule has 0 bridgehead atoms. The van der Waals surface area contributed by atoms with Crippen molar-refractivity contribution in [3.63, 3.8) is 0 Å². The van der Waals surface area contributed by atoms with Crippen molar-refractivity contribution in [1.82, 2.24) is 0 Å². The molecule has 0 fully saturated rings. The van der Waals surface area contributed by atoms with Crippen molar-refractivity contribution in [3.8, 4) is 0 Å². The van der Waals surface area contributed by atoms with Crippen LogP contribution in [-0.2, 0) is 9.84 Å². The van der Waals surface area contributed by atoms with Crippen molar-refractivity contribution >= 4 is 33.4 Å². The Bertz CT molecular complexity index is 174. The fraction of sp³-hybridized carbons (Fsp3) is 1.00. The van der Waals surface area contributed by atoms with Gasteiger partial charge < -0.3 is 0 Å². The number of rotatable bonds is 6. The summed E-state index contributed by atoms with van der Waals surface area (Å²) in [5, 5.41) is 0. The van der Waals surface area contributed by atoms with Crippen LogP contribution in [0.15, 0.2) is 0 Å². The summed E-state index contributed by atoms with van der Waals surface area (Å²) in [5.41, 5.74) is 0. The van der Waals surface area contributed by atoms with Crippen LogP contribution in [0.3, 0.4) is 0 Å². The summed E-state index contributed by atoms with van der Waals surface area (Å²) in [4.78, 5) is 0. The first kappa shape index (κ1) is 11.6. The Kier molecular flexibility index (Phi) is 6.56. The minimum Gasteiger partial charge on any atom is -0.229 e. The second-order valence-electron chi connectivity index (χ2n) is 2.24. The maximum absolute atomic E-state index is 10.6. The third-order valence-electron chi connectivity index (χ3n) is 1.03. The summed E-state index contributed by atoms with van der Waals surface area (Å²) in [6, 6.07) is 0. The van der Waals surface area contributed by atoms with Gasteiger partial charge in [0.1, 0.15) is 9.84 Å². The summed E-state index contributed by atoms with van der Waals surface area (Å²) in [6.45, 7) is 0. The molecule has 0 saturated carbocycles. The zero-order valence-corrected chi connectivity index (χ0v) is 9.32. The van der Waals surface area contributed by atoms with E-state index in [-0.39, 0.29) is 0 Å². The third-order valence-corrected chi connectivity index (χ3v) is 4.09. The minimum atomic E-state index is -2.74. The highest BCUT2D eigenvalue weighted by Crippen LogP contribution is 2.04. The fourth-order valence-electron chi connectivity index (χ4n) is 0.455. The van der Waals surface area contributed by atoms with Crippen LogP contribution < -0.4 is 0 Å². The van der Waals surface area contributed by atoms with Crippen LogP contribution in [0.5, 0.6) is 0 Å². The number of sulfone groups is 1. The van der Waals surface area contributed by atoms with Crippen LogP contribution in [-0.4, -0.2) is 43.9 Å². The standard InChI is InChI=1S/C6H14O2S3/c1-9-3-4-10-5-6-11(2,7)8/h3-6H2,1-2H3. The lowest BCUT2D eigenvalue weighted by Gasteiger charge is -1.97. The van der Waals surface area contributed by atoms with Crippen LogP contribution in [0.25, 0.3) is 0 Å². The highest BCUT2D eigenvalue weighted by molar-refractivity contribution is 8.03. The number of hydrogen-bond acceptors (Lipinski definition) is 4. The molecule has 0 unspecified atom stereocenters. The molecule has 0 aromatic rings. The van der Waals surface area contributed by atoms with Gasteiger partial charge in [-0.2, -0.15) is 23.5 Å². The average molecular weight is 214 g/mol. The molecule has 0 N–H and O–H groups in total. The van der Waals surface area contributed by atoms with Gasteiger partial charge in [0.05, 0.1) is 5.75 Å². The van der Waals surface area contributed by atoms with Gasteiger partial charge in [0.15, 0.2) is 0 Å². The minimum absolute atomic E-state index is 0.312.